The molecule has 0 saturated heterocycles. The molecule has 4 N–H and O–H groups in total. The van der Waals surface area contributed by atoms with Gasteiger partial charge in [0.2, 0.25) is 0 Å². The number of benzene rings is 1. The molecule has 0 bridgehead atoms. The zero-order valence-electron chi connectivity index (χ0n) is 15.8. The summed E-state index contributed by atoms with van der Waals surface area (Å²) in [5, 5.41) is 13.3. The van der Waals surface area contributed by atoms with Crippen molar-refractivity contribution in [2.75, 3.05) is 5.32 Å². The fourth-order valence-electron chi connectivity index (χ4n) is 2.89. The Bertz CT molecular complexity index is 1320. The van der Waals surface area contributed by atoms with Crippen molar-refractivity contribution in [1.29, 1.82) is 0 Å². The number of rotatable bonds is 6. The van der Waals surface area contributed by atoms with Gasteiger partial charge in [0.15, 0.2) is 5.65 Å². The van der Waals surface area contributed by atoms with Gasteiger partial charge in [0.1, 0.15) is 17.0 Å². The molecule has 3 heterocycles. The Labute approximate surface area is 182 Å². The number of carbonyl (C=O) groups excluding carboxylic acids is 2. The molecule has 32 heavy (non-hydrogen) atoms. The van der Waals surface area contributed by atoms with Crippen LogP contribution in [0.3, 0.4) is 0 Å². The molecule has 3 aromatic heterocycles. The number of amides is 2. The number of ether oxygens (including phenoxy) is 2. The fourth-order valence-corrected chi connectivity index (χ4v) is 3.07. The number of alkyl halides is 2. The van der Waals surface area contributed by atoms with E-state index in [4.69, 9.17) is 22.1 Å². The molecule has 11 nitrogen and oxygen atoms in total. The molecule has 0 saturated carbocycles. The molecule has 4 rings (SSSR count). The molecule has 0 aliphatic heterocycles. The van der Waals surface area contributed by atoms with Crippen molar-refractivity contribution in [3.8, 4) is 22.9 Å². The SMILES string of the molecule is NC(=O)Oc1nn2cccnc2c1C(=O)Nc1c[nH]nc1-c1cc(Cl)ccc1OC(F)F. The number of nitrogens with one attached hydrogen (secondary N) is 2. The maximum absolute atomic E-state index is 13.0. The van der Waals surface area contributed by atoms with Crippen LogP contribution in [0, 0.1) is 0 Å². The predicted molar refractivity (Wildman–Crippen MR) is 107 cm³/mol. The lowest BCUT2D eigenvalue weighted by atomic mass is 10.1. The van der Waals surface area contributed by atoms with Gasteiger partial charge in [-0.25, -0.2) is 14.3 Å². The van der Waals surface area contributed by atoms with Gasteiger partial charge in [-0.2, -0.15) is 13.9 Å². The van der Waals surface area contributed by atoms with Crippen LogP contribution in [0.25, 0.3) is 16.9 Å². The second-order valence-corrected chi connectivity index (χ2v) is 6.55. The maximum atomic E-state index is 13.0. The van der Waals surface area contributed by atoms with E-state index in [0.29, 0.717) is 0 Å². The van der Waals surface area contributed by atoms with E-state index in [0.717, 1.165) is 0 Å². The molecule has 0 unspecified atom stereocenters. The number of carbonyl (C=O) groups is 2. The van der Waals surface area contributed by atoms with Crippen LogP contribution in [0.15, 0.2) is 42.9 Å². The number of hydrogen-bond donors (Lipinski definition) is 3. The Kier molecular flexibility index (Phi) is 5.55. The number of fused-ring (bicyclic) bond motifs is 1. The standard InChI is InChI=1S/C18H12ClF2N7O4/c19-8-2-3-11(31-17(20)21)9(6-8)13-10(7-24-26-13)25-15(29)12-14-23-4-1-5-28(14)27-16(12)32-18(22)30/h1-7,17H,(H2,22,30)(H,24,26)(H,25,29). The van der Waals surface area contributed by atoms with E-state index in [2.05, 4.69) is 30.3 Å². The van der Waals surface area contributed by atoms with Crippen molar-refractivity contribution in [2.45, 2.75) is 6.61 Å². The molecule has 0 aliphatic rings. The Morgan fingerprint density at radius 2 is 2.12 bits per heavy atom. The molecule has 164 valence electrons. The van der Waals surface area contributed by atoms with Crippen LogP contribution < -0.4 is 20.5 Å². The summed E-state index contributed by atoms with van der Waals surface area (Å²) in [4.78, 5) is 28.3. The molecule has 0 spiro atoms. The molecule has 14 heteroatoms. The number of H-pyrrole nitrogens is 1. The minimum absolute atomic E-state index is 0.0679. The number of nitrogens with zero attached hydrogens (tertiary/aromatic N) is 4. The summed E-state index contributed by atoms with van der Waals surface area (Å²) in [6.07, 6.45) is 3.02. The normalized spacial score (nSPS) is 11.0. The van der Waals surface area contributed by atoms with Gasteiger partial charge < -0.3 is 20.5 Å². The molecular weight excluding hydrogens is 452 g/mol. The second kappa shape index (κ2) is 8.47. The highest BCUT2D eigenvalue weighted by atomic mass is 35.5. The molecule has 0 radical (unpaired) electrons. The minimum Gasteiger partial charge on any atom is -0.434 e. The van der Waals surface area contributed by atoms with Gasteiger partial charge in [0.05, 0.1) is 5.69 Å². The van der Waals surface area contributed by atoms with Crippen molar-refractivity contribution in [3.63, 3.8) is 0 Å². The van der Waals surface area contributed by atoms with Gasteiger partial charge in [-0.1, -0.05) is 11.6 Å². The third kappa shape index (κ3) is 4.13. The van der Waals surface area contributed by atoms with E-state index < -0.39 is 18.6 Å². The number of hydrogen-bond acceptors (Lipinski definition) is 7. The highest BCUT2D eigenvalue weighted by Crippen LogP contribution is 2.36. The largest absolute Gasteiger partial charge is 0.434 e. The summed E-state index contributed by atoms with van der Waals surface area (Å²) >= 11 is 6.00. The molecule has 0 atom stereocenters. The first kappa shape index (κ1) is 21.0. The molecule has 0 aliphatic carbocycles. The Morgan fingerprint density at radius 1 is 1.31 bits per heavy atom. The van der Waals surface area contributed by atoms with Crippen molar-refractivity contribution in [2.24, 2.45) is 5.73 Å². The summed E-state index contributed by atoms with van der Waals surface area (Å²) < 4.78 is 36.2. The van der Waals surface area contributed by atoms with Crippen molar-refractivity contribution >= 4 is 34.9 Å². The van der Waals surface area contributed by atoms with Gasteiger partial charge in [0.25, 0.3) is 11.8 Å². The molecular formula is C18H12ClF2N7O4. The van der Waals surface area contributed by atoms with Gasteiger partial charge in [0, 0.05) is 29.2 Å². The summed E-state index contributed by atoms with van der Waals surface area (Å²) in [6.45, 7) is -3.09. The highest BCUT2D eigenvalue weighted by Gasteiger charge is 2.26. The third-order valence-electron chi connectivity index (χ3n) is 4.09. The van der Waals surface area contributed by atoms with Crippen molar-refractivity contribution in [1.82, 2.24) is 24.8 Å². The second-order valence-electron chi connectivity index (χ2n) is 6.11. The van der Waals surface area contributed by atoms with Crippen molar-refractivity contribution in [3.05, 3.63) is 53.4 Å². The Balaban J connectivity index is 1.73. The number of aromatic nitrogens is 5. The molecule has 1 aromatic carbocycles. The van der Waals surface area contributed by atoms with E-state index in [1.807, 2.05) is 0 Å². The first-order chi connectivity index (χ1) is 15.3. The number of nitrogens with two attached hydrogens (primary N) is 1. The summed E-state index contributed by atoms with van der Waals surface area (Å²) in [7, 11) is 0. The van der Waals surface area contributed by atoms with Crippen LogP contribution >= 0.6 is 11.6 Å². The van der Waals surface area contributed by atoms with E-state index in [9.17, 15) is 18.4 Å². The van der Waals surface area contributed by atoms with Crippen LogP contribution in [0.4, 0.5) is 19.3 Å². The monoisotopic (exact) mass is 463 g/mol. The summed E-state index contributed by atoms with van der Waals surface area (Å²) in [5.41, 5.74) is 5.21. The fraction of sp³-hybridized carbons (Fsp3) is 0.0556. The van der Waals surface area contributed by atoms with E-state index in [1.54, 1.807) is 6.07 Å². The Morgan fingerprint density at radius 3 is 2.88 bits per heavy atom. The van der Waals surface area contributed by atoms with E-state index in [-0.39, 0.29) is 44.8 Å². The zero-order chi connectivity index (χ0) is 22.8. The summed E-state index contributed by atoms with van der Waals surface area (Å²) in [6, 6.07) is 5.51. The maximum Gasteiger partial charge on any atom is 0.411 e. The van der Waals surface area contributed by atoms with Gasteiger partial charge in [-0.15, -0.1) is 5.10 Å². The van der Waals surface area contributed by atoms with E-state index >= 15 is 0 Å². The van der Waals surface area contributed by atoms with Crippen LogP contribution in [0.2, 0.25) is 5.02 Å². The number of primary amides is 1. The minimum atomic E-state index is -3.09. The lowest BCUT2D eigenvalue weighted by molar-refractivity contribution is -0.0494. The van der Waals surface area contributed by atoms with Crippen molar-refractivity contribution < 1.29 is 27.8 Å². The van der Waals surface area contributed by atoms with Crippen LogP contribution in [0.5, 0.6) is 11.6 Å². The molecule has 2 amide bonds. The quantitative estimate of drug-likeness (QED) is 0.397. The average Bonchev–Trinajstić information content (AvgIpc) is 3.32. The lowest BCUT2D eigenvalue weighted by Gasteiger charge is -2.11. The zero-order valence-corrected chi connectivity index (χ0v) is 16.5. The van der Waals surface area contributed by atoms with Crippen LogP contribution in [-0.4, -0.2) is 43.4 Å². The third-order valence-corrected chi connectivity index (χ3v) is 4.32. The van der Waals surface area contributed by atoms with Crippen LogP contribution in [-0.2, 0) is 0 Å². The Hall–Kier alpha value is -4.26. The van der Waals surface area contributed by atoms with Gasteiger partial charge in [-0.3, -0.25) is 9.89 Å². The first-order valence-electron chi connectivity index (χ1n) is 8.74. The first-order valence-corrected chi connectivity index (χ1v) is 9.11. The average molecular weight is 464 g/mol. The molecule has 0 fully saturated rings. The lowest BCUT2D eigenvalue weighted by Crippen LogP contribution is -2.19. The topological polar surface area (TPSA) is 150 Å². The number of halogens is 3. The molecule has 4 aromatic rings. The number of aromatic amines is 1. The van der Waals surface area contributed by atoms with Gasteiger partial charge >= 0.3 is 12.7 Å². The van der Waals surface area contributed by atoms with E-state index in [1.165, 1.54) is 41.3 Å². The van der Waals surface area contributed by atoms with Gasteiger partial charge in [-0.05, 0) is 24.3 Å². The predicted octanol–water partition coefficient (Wildman–Crippen LogP) is 3.08. The van der Waals surface area contributed by atoms with Crippen LogP contribution in [0.1, 0.15) is 10.4 Å². The number of anilines is 1. The summed E-state index contributed by atoms with van der Waals surface area (Å²) in [5.74, 6) is -1.36. The smallest absolute Gasteiger partial charge is 0.411 e. The highest BCUT2D eigenvalue weighted by molar-refractivity contribution is 6.31.